The molecule has 1 aromatic rings. The number of rotatable bonds is 2. The maximum atomic E-state index is 11.0. The van der Waals surface area contributed by atoms with E-state index in [-0.39, 0.29) is 5.92 Å². The number of benzene rings is 1. The predicted octanol–water partition coefficient (Wildman–Crippen LogP) is 3.12. The zero-order chi connectivity index (χ0) is 13.4. The molecule has 19 heavy (non-hydrogen) atoms. The molecule has 1 saturated heterocycles. The monoisotopic (exact) mass is 279 g/mol. The van der Waals surface area contributed by atoms with E-state index in [1.807, 2.05) is 6.07 Å². The summed E-state index contributed by atoms with van der Waals surface area (Å²) in [6.07, 6.45) is 3.76. The maximum absolute atomic E-state index is 11.0. The number of aryl methyl sites for hydroxylation is 1. The standard InChI is InChI=1S/C15H18ClNO2/c16-12-2-3-13-11(9-12)1-4-14(13)17-7-5-10(6-8-17)15(18)19/h2-3,9-10,14H,1,4-8H2,(H,18,19). The fraction of sp³-hybridized carbons (Fsp3) is 0.533. The van der Waals surface area contributed by atoms with Gasteiger partial charge < -0.3 is 5.11 Å². The molecule has 0 saturated carbocycles. The van der Waals surface area contributed by atoms with Crippen LogP contribution in [0.15, 0.2) is 18.2 Å². The highest BCUT2D eigenvalue weighted by Crippen LogP contribution is 2.38. The fourth-order valence-electron chi connectivity index (χ4n) is 3.40. The van der Waals surface area contributed by atoms with Crippen LogP contribution in [-0.4, -0.2) is 29.1 Å². The highest BCUT2D eigenvalue weighted by atomic mass is 35.5. The summed E-state index contributed by atoms with van der Waals surface area (Å²) in [6.45, 7) is 1.79. The molecule has 1 aliphatic heterocycles. The SMILES string of the molecule is O=C(O)C1CCN(C2CCc3cc(Cl)ccc32)CC1. The summed E-state index contributed by atoms with van der Waals surface area (Å²) in [5, 5.41) is 9.85. The van der Waals surface area contributed by atoms with E-state index in [9.17, 15) is 4.79 Å². The van der Waals surface area contributed by atoms with Crippen molar-refractivity contribution >= 4 is 17.6 Å². The molecule has 1 atom stereocenters. The van der Waals surface area contributed by atoms with Gasteiger partial charge in [0.15, 0.2) is 0 Å². The number of aliphatic carboxylic acids is 1. The number of carbonyl (C=O) groups is 1. The summed E-state index contributed by atoms with van der Waals surface area (Å²) in [5.74, 6) is -0.791. The van der Waals surface area contributed by atoms with Crippen molar-refractivity contribution in [3.05, 3.63) is 34.3 Å². The number of piperidine rings is 1. The lowest BCUT2D eigenvalue weighted by Crippen LogP contribution is -2.38. The van der Waals surface area contributed by atoms with Gasteiger partial charge in [0.2, 0.25) is 0 Å². The van der Waals surface area contributed by atoms with Crippen molar-refractivity contribution in [3.63, 3.8) is 0 Å². The Morgan fingerprint density at radius 2 is 2.00 bits per heavy atom. The molecule has 1 heterocycles. The average Bonchev–Trinajstić information content (AvgIpc) is 2.81. The van der Waals surface area contributed by atoms with Crippen LogP contribution in [0.4, 0.5) is 0 Å². The molecule has 1 N–H and O–H groups in total. The van der Waals surface area contributed by atoms with Gasteiger partial charge in [-0.05, 0) is 62.0 Å². The van der Waals surface area contributed by atoms with Crippen LogP contribution in [0, 0.1) is 5.92 Å². The maximum Gasteiger partial charge on any atom is 0.306 e. The predicted molar refractivity (Wildman–Crippen MR) is 74.4 cm³/mol. The van der Waals surface area contributed by atoms with E-state index in [1.54, 1.807) is 0 Å². The summed E-state index contributed by atoms with van der Waals surface area (Å²) >= 11 is 6.03. The van der Waals surface area contributed by atoms with Gasteiger partial charge in [0.25, 0.3) is 0 Å². The third-order valence-corrected chi connectivity index (χ3v) is 4.71. The number of halogens is 1. The van der Waals surface area contributed by atoms with Crippen molar-refractivity contribution in [2.24, 2.45) is 5.92 Å². The number of hydrogen-bond acceptors (Lipinski definition) is 2. The lowest BCUT2D eigenvalue weighted by atomic mass is 9.95. The molecule has 0 amide bonds. The number of fused-ring (bicyclic) bond motifs is 1. The van der Waals surface area contributed by atoms with Crippen molar-refractivity contribution in [3.8, 4) is 0 Å². The Balaban J connectivity index is 1.71. The quantitative estimate of drug-likeness (QED) is 0.904. The molecule has 0 aromatic heterocycles. The Labute approximate surface area is 118 Å². The second kappa shape index (κ2) is 5.14. The molecule has 3 rings (SSSR count). The van der Waals surface area contributed by atoms with Crippen LogP contribution in [0.3, 0.4) is 0 Å². The summed E-state index contributed by atoms with van der Waals surface area (Å²) in [6, 6.07) is 6.63. The Hall–Kier alpha value is -1.06. The van der Waals surface area contributed by atoms with Crippen molar-refractivity contribution in [2.75, 3.05) is 13.1 Å². The Kier molecular flexibility index (Phi) is 3.50. The number of carboxylic acids is 1. The van der Waals surface area contributed by atoms with E-state index < -0.39 is 5.97 Å². The Morgan fingerprint density at radius 3 is 2.68 bits per heavy atom. The molecule has 0 radical (unpaired) electrons. The molecule has 1 fully saturated rings. The first-order valence-electron chi connectivity index (χ1n) is 6.90. The van der Waals surface area contributed by atoms with Crippen LogP contribution in [0.25, 0.3) is 0 Å². The van der Waals surface area contributed by atoms with Crippen molar-refractivity contribution in [1.82, 2.24) is 4.90 Å². The van der Waals surface area contributed by atoms with Crippen LogP contribution in [0.1, 0.15) is 36.4 Å². The minimum Gasteiger partial charge on any atom is -0.481 e. The lowest BCUT2D eigenvalue weighted by molar-refractivity contribution is -0.143. The zero-order valence-electron chi connectivity index (χ0n) is 10.8. The Bertz CT molecular complexity index is 495. The molecule has 0 bridgehead atoms. The Morgan fingerprint density at radius 1 is 1.26 bits per heavy atom. The van der Waals surface area contributed by atoms with E-state index in [0.29, 0.717) is 6.04 Å². The van der Waals surface area contributed by atoms with Gasteiger partial charge in [-0.2, -0.15) is 0 Å². The van der Waals surface area contributed by atoms with Crippen molar-refractivity contribution in [2.45, 2.75) is 31.7 Å². The largest absolute Gasteiger partial charge is 0.481 e. The van der Waals surface area contributed by atoms with Gasteiger partial charge in [-0.15, -0.1) is 0 Å². The molecule has 102 valence electrons. The normalized spacial score (nSPS) is 24.4. The fourth-order valence-corrected chi connectivity index (χ4v) is 3.60. The third kappa shape index (κ3) is 2.49. The smallest absolute Gasteiger partial charge is 0.306 e. The highest BCUT2D eigenvalue weighted by molar-refractivity contribution is 6.30. The van der Waals surface area contributed by atoms with E-state index >= 15 is 0 Å². The van der Waals surface area contributed by atoms with Crippen molar-refractivity contribution in [1.29, 1.82) is 0 Å². The third-order valence-electron chi connectivity index (χ3n) is 4.47. The first kappa shape index (κ1) is 12.9. The number of nitrogens with zero attached hydrogens (tertiary/aromatic N) is 1. The first-order chi connectivity index (χ1) is 9.15. The summed E-state index contributed by atoms with van der Waals surface area (Å²) in [5.41, 5.74) is 2.75. The van der Waals surface area contributed by atoms with E-state index in [4.69, 9.17) is 16.7 Å². The molecule has 3 nitrogen and oxygen atoms in total. The minimum absolute atomic E-state index is 0.151. The van der Waals surface area contributed by atoms with E-state index in [1.165, 1.54) is 11.1 Å². The average molecular weight is 280 g/mol. The molecule has 1 unspecified atom stereocenters. The molecule has 0 spiro atoms. The van der Waals surface area contributed by atoms with Crippen LogP contribution in [0.2, 0.25) is 5.02 Å². The van der Waals surface area contributed by atoms with Gasteiger partial charge in [0.05, 0.1) is 5.92 Å². The van der Waals surface area contributed by atoms with Crippen molar-refractivity contribution < 1.29 is 9.90 Å². The number of likely N-dealkylation sites (tertiary alicyclic amines) is 1. The molecule has 2 aliphatic rings. The van der Waals surface area contributed by atoms with Crippen LogP contribution >= 0.6 is 11.6 Å². The summed E-state index contributed by atoms with van der Waals surface area (Å²) < 4.78 is 0. The summed E-state index contributed by atoms with van der Waals surface area (Å²) in [7, 11) is 0. The molecule has 1 aliphatic carbocycles. The minimum atomic E-state index is -0.641. The number of carboxylic acid groups (broad SMARTS) is 1. The van der Waals surface area contributed by atoms with Gasteiger partial charge in [0, 0.05) is 11.1 Å². The zero-order valence-corrected chi connectivity index (χ0v) is 11.6. The summed E-state index contributed by atoms with van der Waals surface area (Å²) in [4.78, 5) is 13.4. The second-order valence-corrected chi connectivity index (χ2v) is 5.98. The molecular formula is C15H18ClNO2. The topological polar surface area (TPSA) is 40.5 Å². The van der Waals surface area contributed by atoms with E-state index in [0.717, 1.165) is 43.8 Å². The van der Waals surface area contributed by atoms with Gasteiger partial charge in [0.1, 0.15) is 0 Å². The molecule has 1 aromatic carbocycles. The van der Waals surface area contributed by atoms with E-state index in [2.05, 4.69) is 17.0 Å². The number of hydrogen-bond donors (Lipinski definition) is 1. The van der Waals surface area contributed by atoms with Gasteiger partial charge >= 0.3 is 5.97 Å². The lowest BCUT2D eigenvalue weighted by Gasteiger charge is -2.35. The van der Waals surface area contributed by atoms with Gasteiger partial charge in [-0.25, -0.2) is 0 Å². The van der Waals surface area contributed by atoms with Crippen LogP contribution < -0.4 is 0 Å². The highest BCUT2D eigenvalue weighted by Gasteiger charge is 2.32. The molecular weight excluding hydrogens is 262 g/mol. The second-order valence-electron chi connectivity index (χ2n) is 5.55. The van der Waals surface area contributed by atoms with Gasteiger partial charge in [-0.3, -0.25) is 9.69 Å². The van der Waals surface area contributed by atoms with Gasteiger partial charge in [-0.1, -0.05) is 17.7 Å². The first-order valence-corrected chi connectivity index (χ1v) is 7.28. The molecule has 4 heteroatoms. The van der Waals surface area contributed by atoms with Crippen LogP contribution in [-0.2, 0) is 11.2 Å². The van der Waals surface area contributed by atoms with Crippen LogP contribution in [0.5, 0.6) is 0 Å².